The molecule has 0 bridgehead atoms. The molecule has 0 atom stereocenters. The van der Waals surface area contributed by atoms with E-state index in [-0.39, 0.29) is 0 Å². The number of benzene rings is 3. The van der Waals surface area contributed by atoms with E-state index in [9.17, 15) is 9.59 Å². The maximum atomic E-state index is 13.0. The third kappa shape index (κ3) is 2.51. The molecule has 2 heterocycles. The maximum absolute atomic E-state index is 13.0. The molecule has 0 saturated heterocycles. The lowest BCUT2D eigenvalue weighted by Crippen LogP contribution is -2.35. The Morgan fingerprint density at radius 3 is 2.28 bits per heavy atom. The van der Waals surface area contributed by atoms with Gasteiger partial charge in [-0.05, 0) is 29.8 Å². The van der Waals surface area contributed by atoms with Crippen molar-refractivity contribution in [2.45, 2.75) is 0 Å². The highest BCUT2D eigenvalue weighted by atomic mass is 16.5. The van der Waals surface area contributed by atoms with Gasteiger partial charge in [-0.1, -0.05) is 48.5 Å². The lowest BCUT2D eigenvalue weighted by atomic mass is 9.86. The van der Waals surface area contributed by atoms with E-state index in [2.05, 4.69) is 9.97 Å². The first kappa shape index (κ1) is 18.4. The first-order valence-corrected chi connectivity index (χ1v) is 10.3. The van der Waals surface area contributed by atoms with Gasteiger partial charge in [0.15, 0.2) is 0 Å². The summed E-state index contributed by atoms with van der Waals surface area (Å²) in [6.45, 7) is 0. The van der Waals surface area contributed by atoms with E-state index >= 15 is 0 Å². The van der Waals surface area contributed by atoms with Crippen LogP contribution in [0.3, 0.4) is 0 Å². The molecule has 32 heavy (non-hydrogen) atoms. The molecule has 154 valence electrons. The predicted octanol–water partition coefficient (Wildman–Crippen LogP) is 5.25. The molecule has 4 aromatic carbocycles. The zero-order chi connectivity index (χ0) is 21.8. The van der Waals surface area contributed by atoms with E-state index in [0.717, 1.165) is 38.6 Å². The van der Waals surface area contributed by atoms with E-state index in [1.807, 2.05) is 72.8 Å². The van der Waals surface area contributed by atoms with Gasteiger partial charge in [-0.25, -0.2) is 0 Å². The molecule has 0 fully saturated rings. The lowest BCUT2D eigenvalue weighted by Gasteiger charge is -2.13. The lowest BCUT2D eigenvalue weighted by molar-refractivity contribution is 0.415. The molecule has 0 saturated carbocycles. The van der Waals surface area contributed by atoms with Crippen LogP contribution in [0.4, 0.5) is 0 Å². The molecule has 2 N–H and O–H groups in total. The van der Waals surface area contributed by atoms with Gasteiger partial charge < -0.3 is 14.7 Å². The first-order chi connectivity index (χ1) is 15.7. The van der Waals surface area contributed by atoms with E-state index in [1.54, 1.807) is 13.3 Å². The number of nitrogens with one attached hydrogen (secondary N) is 2. The van der Waals surface area contributed by atoms with Crippen molar-refractivity contribution in [2.24, 2.45) is 0 Å². The summed E-state index contributed by atoms with van der Waals surface area (Å²) >= 11 is 0. The first-order valence-electron chi connectivity index (χ1n) is 10.3. The topological polar surface area (TPSA) is 75.0 Å². The highest BCUT2D eigenvalue weighted by Crippen LogP contribution is 2.42. The third-order valence-electron chi connectivity index (χ3n) is 6.09. The van der Waals surface area contributed by atoms with Gasteiger partial charge in [-0.2, -0.15) is 0 Å². The Morgan fingerprint density at radius 2 is 1.47 bits per heavy atom. The van der Waals surface area contributed by atoms with Crippen molar-refractivity contribution < 1.29 is 4.74 Å². The summed E-state index contributed by atoms with van der Waals surface area (Å²) in [4.78, 5) is 32.6. The highest BCUT2D eigenvalue weighted by molar-refractivity contribution is 6.10. The minimum absolute atomic E-state index is 0.441. The SMILES string of the molecule is COc1ccc2[nH]cc(-c3c(-c4c(-c5ccccc5)[nH]c5ccccc45)c(=O)c3=O)c2c1. The van der Waals surface area contributed by atoms with Crippen LogP contribution in [0.2, 0.25) is 0 Å². The van der Waals surface area contributed by atoms with Crippen LogP contribution in [0.15, 0.2) is 88.6 Å². The molecule has 0 aliphatic rings. The van der Waals surface area contributed by atoms with Gasteiger partial charge in [0.2, 0.25) is 10.9 Å². The molecule has 2 aromatic heterocycles. The van der Waals surface area contributed by atoms with Crippen LogP contribution in [0.1, 0.15) is 0 Å². The number of ether oxygens (including phenoxy) is 1. The standard InChI is InChI=1S/C27H18N2O3/c1-32-16-11-12-20-18(13-16)19(14-28-20)23-24(27(31)26(23)30)22-17-9-5-6-10-21(17)29-25(22)15-7-3-2-4-8-15/h2-14,28-29H,1H3. The zero-order valence-corrected chi connectivity index (χ0v) is 17.2. The van der Waals surface area contributed by atoms with Gasteiger partial charge in [0.1, 0.15) is 5.75 Å². The molecule has 5 heteroatoms. The average molecular weight is 418 g/mol. The minimum Gasteiger partial charge on any atom is -0.497 e. The molecule has 0 unspecified atom stereocenters. The fraction of sp³-hybridized carbons (Fsp3) is 0.0370. The second-order valence-corrected chi connectivity index (χ2v) is 7.81. The monoisotopic (exact) mass is 418 g/mol. The molecule has 6 aromatic rings. The average Bonchev–Trinajstić information content (AvgIpc) is 3.43. The largest absolute Gasteiger partial charge is 0.497 e. The fourth-order valence-corrected chi connectivity index (χ4v) is 4.54. The fourth-order valence-electron chi connectivity index (χ4n) is 4.54. The summed E-state index contributed by atoms with van der Waals surface area (Å²) in [5.41, 5.74) is 5.03. The molecule has 0 amide bonds. The predicted molar refractivity (Wildman–Crippen MR) is 128 cm³/mol. The van der Waals surface area contributed by atoms with Crippen molar-refractivity contribution in [3.8, 4) is 39.3 Å². The van der Waals surface area contributed by atoms with Gasteiger partial charge in [0.25, 0.3) is 0 Å². The number of hydrogen-bond donors (Lipinski definition) is 2. The normalized spacial score (nSPS) is 11.5. The quantitative estimate of drug-likeness (QED) is 0.384. The van der Waals surface area contributed by atoms with E-state index in [4.69, 9.17) is 4.74 Å². The maximum Gasteiger partial charge on any atom is 0.235 e. The third-order valence-corrected chi connectivity index (χ3v) is 6.09. The molecule has 6 rings (SSSR count). The summed E-state index contributed by atoms with van der Waals surface area (Å²) in [5.74, 6) is 0.690. The summed E-state index contributed by atoms with van der Waals surface area (Å²) < 4.78 is 5.37. The molecule has 0 spiro atoms. The van der Waals surface area contributed by atoms with Crippen LogP contribution < -0.4 is 15.6 Å². The van der Waals surface area contributed by atoms with Crippen molar-refractivity contribution in [1.29, 1.82) is 0 Å². The van der Waals surface area contributed by atoms with Gasteiger partial charge >= 0.3 is 0 Å². The van der Waals surface area contributed by atoms with Crippen molar-refractivity contribution in [3.63, 3.8) is 0 Å². The Bertz CT molecular complexity index is 1700. The van der Waals surface area contributed by atoms with Crippen molar-refractivity contribution in [3.05, 3.63) is 99.4 Å². The Morgan fingerprint density at radius 1 is 0.719 bits per heavy atom. The van der Waals surface area contributed by atoms with Gasteiger partial charge in [-0.15, -0.1) is 0 Å². The van der Waals surface area contributed by atoms with Crippen LogP contribution in [0.25, 0.3) is 55.3 Å². The second-order valence-electron chi connectivity index (χ2n) is 7.81. The Hall–Kier alpha value is -4.38. The Balaban J connectivity index is 1.68. The Kier molecular flexibility index (Phi) is 3.92. The van der Waals surface area contributed by atoms with Crippen molar-refractivity contribution in [2.75, 3.05) is 7.11 Å². The molecular weight excluding hydrogens is 400 g/mol. The van der Waals surface area contributed by atoms with Crippen LogP contribution in [-0.4, -0.2) is 17.1 Å². The summed E-state index contributed by atoms with van der Waals surface area (Å²) in [7, 11) is 1.61. The van der Waals surface area contributed by atoms with Crippen LogP contribution in [0, 0.1) is 0 Å². The summed E-state index contributed by atoms with van der Waals surface area (Å²) in [6, 6.07) is 23.4. The number of rotatable bonds is 4. The van der Waals surface area contributed by atoms with Crippen molar-refractivity contribution in [1.82, 2.24) is 9.97 Å². The van der Waals surface area contributed by atoms with E-state index in [0.29, 0.717) is 22.4 Å². The number of para-hydroxylation sites is 1. The van der Waals surface area contributed by atoms with Crippen LogP contribution in [0.5, 0.6) is 5.75 Å². The van der Waals surface area contributed by atoms with Gasteiger partial charge in [-0.3, -0.25) is 9.59 Å². The molecule has 5 nitrogen and oxygen atoms in total. The number of aromatic amines is 2. The summed E-state index contributed by atoms with van der Waals surface area (Å²) in [6.07, 6.45) is 1.79. The molecular formula is C27H18N2O3. The number of hydrogen-bond acceptors (Lipinski definition) is 3. The minimum atomic E-state index is -0.465. The van der Waals surface area contributed by atoms with Gasteiger partial charge in [0, 0.05) is 50.3 Å². The second kappa shape index (κ2) is 6.82. The Labute approximate surface area is 182 Å². The van der Waals surface area contributed by atoms with Crippen molar-refractivity contribution >= 4 is 21.8 Å². The number of methoxy groups -OCH3 is 1. The molecule has 0 aliphatic carbocycles. The molecule has 0 radical (unpaired) electrons. The van der Waals surface area contributed by atoms with E-state index in [1.165, 1.54) is 0 Å². The smallest absolute Gasteiger partial charge is 0.235 e. The summed E-state index contributed by atoms with van der Waals surface area (Å²) in [5, 5.41) is 1.76. The number of aromatic nitrogens is 2. The highest BCUT2D eigenvalue weighted by Gasteiger charge is 2.29. The molecule has 0 aliphatic heterocycles. The number of H-pyrrole nitrogens is 2. The number of fused-ring (bicyclic) bond motifs is 2. The van der Waals surface area contributed by atoms with E-state index < -0.39 is 10.9 Å². The van der Waals surface area contributed by atoms with Gasteiger partial charge in [0.05, 0.1) is 12.8 Å². The zero-order valence-electron chi connectivity index (χ0n) is 17.2. The van der Waals surface area contributed by atoms with Crippen LogP contribution >= 0.6 is 0 Å². The van der Waals surface area contributed by atoms with Crippen LogP contribution in [-0.2, 0) is 0 Å².